The lowest BCUT2D eigenvalue weighted by Gasteiger charge is -2.16. The maximum atomic E-state index is 12.3. The molecule has 120 valence electrons. The zero-order chi connectivity index (χ0) is 16.1. The zero-order valence-corrected chi connectivity index (χ0v) is 13.4. The van der Waals surface area contributed by atoms with E-state index in [0.29, 0.717) is 18.4 Å². The summed E-state index contributed by atoms with van der Waals surface area (Å²) in [5.41, 5.74) is 8.00. The van der Waals surface area contributed by atoms with Crippen LogP contribution in [0.15, 0.2) is 18.2 Å². The Morgan fingerprint density at radius 1 is 1.32 bits per heavy atom. The van der Waals surface area contributed by atoms with Crippen LogP contribution in [0.2, 0.25) is 0 Å². The predicted octanol–water partition coefficient (Wildman–Crippen LogP) is 2.30. The summed E-state index contributed by atoms with van der Waals surface area (Å²) in [4.78, 5) is 26.1. The Balaban J connectivity index is 2.00. The van der Waals surface area contributed by atoms with Gasteiger partial charge in [0.2, 0.25) is 5.91 Å². The average Bonchev–Trinajstić information content (AvgIpc) is 3.00. The molecule has 1 atom stereocenters. The van der Waals surface area contributed by atoms with Crippen LogP contribution >= 0.6 is 0 Å². The van der Waals surface area contributed by atoms with Gasteiger partial charge in [0.1, 0.15) is 0 Å². The van der Waals surface area contributed by atoms with Crippen LogP contribution in [-0.2, 0) is 4.79 Å². The lowest BCUT2D eigenvalue weighted by Crippen LogP contribution is -2.27. The van der Waals surface area contributed by atoms with Crippen LogP contribution in [-0.4, -0.2) is 35.8 Å². The Morgan fingerprint density at radius 2 is 2.00 bits per heavy atom. The van der Waals surface area contributed by atoms with Gasteiger partial charge in [-0.3, -0.25) is 9.59 Å². The number of nitrogens with zero attached hydrogens (tertiary/aromatic N) is 1. The van der Waals surface area contributed by atoms with Gasteiger partial charge in [-0.25, -0.2) is 0 Å². The van der Waals surface area contributed by atoms with E-state index in [1.165, 1.54) is 0 Å². The fraction of sp³-hybridized carbons (Fsp3) is 0.529. The average molecular weight is 303 g/mol. The van der Waals surface area contributed by atoms with Crippen molar-refractivity contribution in [1.29, 1.82) is 0 Å². The van der Waals surface area contributed by atoms with Crippen molar-refractivity contribution in [3.05, 3.63) is 29.3 Å². The monoisotopic (exact) mass is 303 g/mol. The number of nitrogens with one attached hydrogen (secondary N) is 1. The summed E-state index contributed by atoms with van der Waals surface area (Å²) in [5, 5.41) is 2.88. The SMILES string of the molecule is Cc1cc(C(=O)N2CCCC2)ccc1NC(=O)CCC(C)N. The van der Waals surface area contributed by atoms with E-state index in [1.807, 2.05) is 30.9 Å². The van der Waals surface area contributed by atoms with E-state index < -0.39 is 0 Å². The first kappa shape index (κ1) is 16.5. The van der Waals surface area contributed by atoms with E-state index in [0.717, 1.165) is 37.2 Å². The van der Waals surface area contributed by atoms with Crippen molar-refractivity contribution in [2.75, 3.05) is 18.4 Å². The molecule has 1 fully saturated rings. The molecule has 0 aromatic heterocycles. The summed E-state index contributed by atoms with van der Waals surface area (Å²) in [7, 11) is 0. The van der Waals surface area contributed by atoms with E-state index in [1.54, 1.807) is 6.07 Å². The number of carbonyl (C=O) groups excluding carboxylic acids is 2. The van der Waals surface area contributed by atoms with Gasteiger partial charge in [0.05, 0.1) is 0 Å². The van der Waals surface area contributed by atoms with Gasteiger partial charge in [-0.2, -0.15) is 0 Å². The molecule has 0 spiro atoms. The summed E-state index contributed by atoms with van der Waals surface area (Å²) in [5.74, 6) is 0.0365. The number of anilines is 1. The first-order valence-corrected chi connectivity index (χ1v) is 7.92. The molecule has 0 saturated carbocycles. The van der Waals surface area contributed by atoms with E-state index >= 15 is 0 Å². The van der Waals surface area contributed by atoms with Crippen molar-refractivity contribution in [3.8, 4) is 0 Å². The Morgan fingerprint density at radius 3 is 2.59 bits per heavy atom. The van der Waals surface area contributed by atoms with Crippen LogP contribution in [0.25, 0.3) is 0 Å². The highest BCUT2D eigenvalue weighted by molar-refractivity contribution is 5.96. The van der Waals surface area contributed by atoms with Crippen LogP contribution in [0.5, 0.6) is 0 Å². The summed E-state index contributed by atoms with van der Waals surface area (Å²) in [6.45, 7) is 5.47. The fourth-order valence-electron chi connectivity index (χ4n) is 2.61. The van der Waals surface area contributed by atoms with Crippen LogP contribution in [0.1, 0.15) is 48.5 Å². The Hall–Kier alpha value is -1.88. The second-order valence-corrected chi connectivity index (χ2v) is 6.09. The minimum Gasteiger partial charge on any atom is -0.339 e. The van der Waals surface area contributed by atoms with Crippen molar-refractivity contribution in [1.82, 2.24) is 4.90 Å². The lowest BCUT2D eigenvalue weighted by molar-refractivity contribution is -0.116. The largest absolute Gasteiger partial charge is 0.339 e. The molecule has 1 aliphatic heterocycles. The Labute approximate surface area is 131 Å². The molecular formula is C17H25N3O2. The van der Waals surface area contributed by atoms with Crippen LogP contribution < -0.4 is 11.1 Å². The zero-order valence-electron chi connectivity index (χ0n) is 13.4. The number of rotatable bonds is 5. The summed E-state index contributed by atoms with van der Waals surface area (Å²) >= 11 is 0. The molecule has 3 N–H and O–H groups in total. The second-order valence-electron chi connectivity index (χ2n) is 6.09. The number of hydrogen-bond acceptors (Lipinski definition) is 3. The van der Waals surface area contributed by atoms with Crippen molar-refractivity contribution >= 4 is 17.5 Å². The maximum Gasteiger partial charge on any atom is 0.253 e. The van der Waals surface area contributed by atoms with Gasteiger partial charge in [-0.05, 0) is 56.9 Å². The molecule has 5 nitrogen and oxygen atoms in total. The molecule has 0 bridgehead atoms. The lowest BCUT2D eigenvalue weighted by atomic mass is 10.1. The van der Waals surface area contributed by atoms with Crippen molar-refractivity contribution < 1.29 is 9.59 Å². The number of hydrogen-bond donors (Lipinski definition) is 2. The third-order valence-corrected chi connectivity index (χ3v) is 3.97. The van der Waals surface area contributed by atoms with E-state index in [4.69, 9.17) is 5.73 Å². The molecule has 1 aromatic rings. The van der Waals surface area contributed by atoms with Gasteiger partial charge >= 0.3 is 0 Å². The van der Waals surface area contributed by atoms with Crippen molar-refractivity contribution in [2.45, 2.75) is 45.6 Å². The molecule has 0 aliphatic carbocycles. The number of likely N-dealkylation sites (tertiary alicyclic amines) is 1. The summed E-state index contributed by atoms with van der Waals surface area (Å²) in [6.07, 6.45) is 3.23. The van der Waals surface area contributed by atoms with E-state index in [9.17, 15) is 9.59 Å². The number of aryl methyl sites for hydroxylation is 1. The fourth-order valence-corrected chi connectivity index (χ4v) is 2.61. The molecule has 1 unspecified atom stereocenters. The highest BCUT2D eigenvalue weighted by Crippen LogP contribution is 2.20. The first-order chi connectivity index (χ1) is 10.5. The van der Waals surface area contributed by atoms with E-state index in [-0.39, 0.29) is 17.9 Å². The Bertz CT molecular complexity index is 549. The predicted molar refractivity (Wildman–Crippen MR) is 87.8 cm³/mol. The van der Waals surface area contributed by atoms with Crippen LogP contribution in [0, 0.1) is 6.92 Å². The molecule has 0 radical (unpaired) electrons. The number of carbonyl (C=O) groups is 2. The first-order valence-electron chi connectivity index (χ1n) is 7.92. The normalized spacial score (nSPS) is 15.7. The van der Waals surface area contributed by atoms with Crippen LogP contribution in [0.3, 0.4) is 0 Å². The molecule has 1 heterocycles. The standard InChI is InChI=1S/C17H25N3O2/c1-12-11-14(17(22)20-9-3-4-10-20)6-7-15(12)19-16(21)8-5-13(2)18/h6-7,11,13H,3-5,8-10,18H2,1-2H3,(H,19,21). The molecule has 1 aliphatic rings. The topological polar surface area (TPSA) is 75.4 Å². The van der Waals surface area contributed by atoms with Crippen LogP contribution in [0.4, 0.5) is 5.69 Å². The minimum atomic E-state index is -0.0426. The van der Waals surface area contributed by atoms with Gasteiger partial charge < -0.3 is 16.0 Å². The van der Waals surface area contributed by atoms with Gasteiger partial charge in [0, 0.05) is 36.8 Å². The second kappa shape index (κ2) is 7.40. The maximum absolute atomic E-state index is 12.3. The Kier molecular flexibility index (Phi) is 5.55. The van der Waals surface area contributed by atoms with Crippen molar-refractivity contribution in [2.24, 2.45) is 5.73 Å². The number of benzene rings is 1. The van der Waals surface area contributed by atoms with Gasteiger partial charge in [0.15, 0.2) is 0 Å². The molecule has 2 rings (SSSR count). The number of amides is 2. The molecule has 2 amide bonds. The highest BCUT2D eigenvalue weighted by Gasteiger charge is 2.20. The van der Waals surface area contributed by atoms with E-state index in [2.05, 4.69) is 5.32 Å². The quantitative estimate of drug-likeness (QED) is 0.876. The molecule has 1 aromatic carbocycles. The molecular weight excluding hydrogens is 278 g/mol. The third-order valence-electron chi connectivity index (χ3n) is 3.97. The summed E-state index contributed by atoms with van der Waals surface area (Å²) < 4.78 is 0. The van der Waals surface area contributed by atoms with Crippen molar-refractivity contribution in [3.63, 3.8) is 0 Å². The molecule has 1 saturated heterocycles. The molecule has 22 heavy (non-hydrogen) atoms. The smallest absolute Gasteiger partial charge is 0.253 e. The van der Waals surface area contributed by atoms with Gasteiger partial charge in [-0.15, -0.1) is 0 Å². The minimum absolute atomic E-state index is 0.0207. The van der Waals surface area contributed by atoms with Gasteiger partial charge in [-0.1, -0.05) is 0 Å². The third kappa shape index (κ3) is 4.31. The highest BCUT2D eigenvalue weighted by atomic mass is 16.2. The molecule has 5 heteroatoms. The van der Waals surface area contributed by atoms with Gasteiger partial charge in [0.25, 0.3) is 5.91 Å². The number of nitrogens with two attached hydrogens (primary N) is 1. The summed E-state index contributed by atoms with van der Waals surface area (Å²) in [6, 6.07) is 5.46.